The van der Waals surface area contributed by atoms with Crippen LogP contribution in [-0.2, 0) is 4.79 Å². The third-order valence-corrected chi connectivity index (χ3v) is 5.96. The Morgan fingerprint density at radius 1 is 1.29 bits per heavy atom. The van der Waals surface area contributed by atoms with E-state index < -0.39 is 5.54 Å². The van der Waals surface area contributed by atoms with Crippen molar-refractivity contribution in [1.82, 2.24) is 9.88 Å². The number of aryl methyl sites for hydroxylation is 1. The van der Waals surface area contributed by atoms with Crippen molar-refractivity contribution in [2.75, 3.05) is 12.4 Å². The lowest BCUT2D eigenvalue weighted by Crippen LogP contribution is -2.51. The number of likely N-dealkylation sites (N-methyl/N-ethyl adjacent to an activating group) is 1. The van der Waals surface area contributed by atoms with Crippen LogP contribution in [0.5, 0.6) is 0 Å². The first-order valence-electron chi connectivity index (χ1n) is 8.53. The van der Waals surface area contributed by atoms with E-state index in [0.717, 1.165) is 36.4 Å². The zero-order chi connectivity index (χ0) is 17.2. The standard InChI is InChI=1S/C19H25N3OS/c1-14-6-8-16(9-7-14)21-19(10-4-5-11-19)18(23)22(3)15(2)17-20-12-13-24-17/h6-9,12-13,15,21H,4-5,10-11H2,1-3H3. The van der Waals surface area contributed by atoms with E-state index in [1.165, 1.54) is 5.56 Å². The van der Waals surface area contributed by atoms with Crippen LogP contribution in [-0.4, -0.2) is 28.4 Å². The summed E-state index contributed by atoms with van der Waals surface area (Å²) < 4.78 is 0. The van der Waals surface area contributed by atoms with Crippen LogP contribution in [0.15, 0.2) is 35.8 Å². The number of rotatable bonds is 5. The number of carbonyl (C=O) groups is 1. The quantitative estimate of drug-likeness (QED) is 0.875. The minimum Gasteiger partial charge on any atom is -0.371 e. The Morgan fingerprint density at radius 2 is 1.96 bits per heavy atom. The molecule has 3 rings (SSSR count). The fourth-order valence-electron chi connectivity index (χ4n) is 3.40. The van der Waals surface area contributed by atoms with Crippen molar-refractivity contribution in [3.63, 3.8) is 0 Å². The molecule has 1 heterocycles. The fourth-order valence-corrected chi connectivity index (χ4v) is 4.14. The summed E-state index contributed by atoms with van der Waals surface area (Å²) in [6.07, 6.45) is 5.74. The molecule has 1 aliphatic carbocycles. The lowest BCUT2D eigenvalue weighted by atomic mass is 9.94. The second-order valence-corrected chi connectivity index (χ2v) is 7.67. The highest BCUT2D eigenvalue weighted by atomic mass is 32.1. The lowest BCUT2D eigenvalue weighted by Gasteiger charge is -2.36. The van der Waals surface area contributed by atoms with Gasteiger partial charge in [0.2, 0.25) is 5.91 Å². The molecule has 1 aromatic carbocycles. The third kappa shape index (κ3) is 3.31. The molecule has 0 spiro atoms. The third-order valence-electron chi connectivity index (χ3n) is 5.01. The second kappa shape index (κ2) is 6.93. The van der Waals surface area contributed by atoms with Crippen LogP contribution >= 0.6 is 11.3 Å². The number of aromatic nitrogens is 1. The van der Waals surface area contributed by atoms with Gasteiger partial charge in [-0.3, -0.25) is 4.79 Å². The molecule has 0 radical (unpaired) electrons. The van der Waals surface area contributed by atoms with Crippen molar-refractivity contribution in [1.29, 1.82) is 0 Å². The molecule has 0 aliphatic heterocycles. The number of amides is 1. The molecule has 1 aliphatic rings. The van der Waals surface area contributed by atoms with E-state index in [9.17, 15) is 4.79 Å². The first kappa shape index (κ1) is 17.0. The Labute approximate surface area is 147 Å². The highest BCUT2D eigenvalue weighted by Crippen LogP contribution is 2.36. The highest BCUT2D eigenvalue weighted by molar-refractivity contribution is 7.09. The van der Waals surface area contributed by atoms with Crippen LogP contribution in [0.2, 0.25) is 0 Å². The van der Waals surface area contributed by atoms with E-state index in [1.54, 1.807) is 17.5 Å². The summed E-state index contributed by atoms with van der Waals surface area (Å²) in [6.45, 7) is 4.12. The van der Waals surface area contributed by atoms with E-state index >= 15 is 0 Å². The molecule has 24 heavy (non-hydrogen) atoms. The largest absolute Gasteiger partial charge is 0.371 e. The van der Waals surface area contributed by atoms with Gasteiger partial charge in [-0.25, -0.2) is 4.98 Å². The van der Waals surface area contributed by atoms with Gasteiger partial charge in [-0.2, -0.15) is 0 Å². The van der Waals surface area contributed by atoms with Crippen LogP contribution < -0.4 is 5.32 Å². The van der Waals surface area contributed by atoms with Gasteiger partial charge in [0.25, 0.3) is 0 Å². The minimum atomic E-state index is -0.491. The molecular weight excluding hydrogens is 318 g/mol. The Morgan fingerprint density at radius 3 is 2.54 bits per heavy atom. The minimum absolute atomic E-state index is 0.00482. The number of hydrogen-bond acceptors (Lipinski definition) is 4. The summed E-state index contributed by atoms with van der Waals surface area (Å²) >= 11 is 1.60. The second-order valence-electron chi connectivity index (χ2n) is 6.74. The molecule has 0 saturated heterocycles. The first-order chi connectivity index (χ1) is 11.5. The summed E-state index contributed by atoms with van der Waals surface area (Å²) in [5, 5.41) is 6.49. The lowest BCUT2D eigenvalue weighted by molar-refractivity contribution is -0.136. The molecule has 1 atom stereocenters. The maximum atomic E-state index is 13.3. The van der Waals surface area contributed by atoms with Gasteiger partial charge in [0.05, 0.1) is 6.04 Å². The highest BCUT2D eigenvalue weighted by Gasteiger charge is 2.44. The van der Waals surface area contributed by atoms with Gasteiger partial charge in [0, 0.05) is 24.3 Å². The summed E-state index contributed by atoms with van der Waals surface area (Å²) in [5.74, 6) is 0.170. The van der Waals surface area contributed by atoms with Gasteiger partial charge >= 0.3 is 0 Å². The normalized spacial score (nSPS) is 17.5. The molecule has 128 valence electrons. The van der Waals surface area contributed by atoms with E-state index in [4.69, 9.17) is 0 Å². The van der Waals surface area contributed by atoms with Crippen LogP contribution in [0.1, 0.15) is 49.2 Å². The van der Waals surface area contributed by atoms with Gasteiger partial charge in [-0.15, -0.1) is 11.3 Å². The number of thiazole rings is 1. The molecule has 1 unspecified atom stereocenters. The summed E-state index contributed by atoms with van der Waals surface area (Å²) in [7, 11) is 1.89. The van der Waals surface area contributed by atoms with E-state index in [0.29, 0.717) is 0 Å². The predicted molar refractivity (Wildman–Crippen MR) is 99.3 cm³/mol. The smallest absolute Gasteiger partial charge is 0.248 e. The molecule has 2 aromatic rings. The Kier molecular flexibility index (Phi) is 4.90. The van der Waals surface area contributed by atoms with Crippen LogP contribution in [0.25, 0.3) is 0 Å². The molecular formula is C19H25N3OS. The summed E-state index contributed by atoms with van der Waals surface area (Å²) in [5.41, 5.74) is 1.75. The Balaban J connectivity index is 1.81. The average molecular weight is 343 g/mol. The van der Waals surface area contributed by atoms with Gasteiger partial charge in [0.15, 0.2) is 0 Å². The summed E-state index contributed by atoms with van der Waals surface area (Å²) in [4.78, 5) is 19.5. The number of benzene rings is 1. The molecule has 1 saturated carbocycles. The molecule has 1 N–H and O–H groups in total. The van der Waals surface area contributed by atoms with Crippen molar-refractivity contribution in [2.45, 2.75) is 51.1 Å². The topological polar surface area (TPSA) is 45.2 Å². The van der Waals surface area contributed by atoms with Crippen LogP contribution in [0.3, 0.4) is 0 Å². The van der Waals surface area contributed by atoms with Crippen molar-refractivity contribution < 1.29 is 4.79 Å². The zero-order valence-corrected chi connectivity index (χ0v) is 15.4. The van der Waals surface area contributed by atoms with Crippen molar-refractivity contribution in [3.8, 4) is 0 Å². The monoisotopic (exact) mass is 343 g/mol. The van der Waals surface area contributed by atoms with Gasteiger partial charge in [-0.05, 0) is 38.8 Å². The van der Waals surface area contributed by atoms with Crippen molar-refractivity contribution in [3.05, 3.63) is 46.4 Å². The number of nitrogens with zero attached hydrogens (tertiary/aromatic N) is 2. The molecule has 4 nitrogen and oxygen atoms in total. The Bertz CT molecular complexity index is 675. The fraction of sp³-hybridized carbons (Fsp3) is 0.474. The number of carbonyl (C=O) groups excluding carboxylic acids is 1. The van der Waals surface area contributed by atoms with Crippen molar-refractivity contribution in [2.24, 2.45) is 0 Å². The summed E-state index contributed by atoms with van der Waals surface area (Å²) in [6, 6.07) is 8.28. The van der Waals surface area contributed by atoms with Gasteiger partial charge in [-0.1, -0.05) is 30.5 Å². The molecule has 1 aromatic heterocycles. The van der Waals surface area contributed by atoms with Gasteiger partial charge in [0.1, 0.15) is 10.5 Å². The van der Waals surface area contributed by atoms with Crippen LogP contribution in [0, 0.1) is 6.92 Å². The Hall–Kier alpha value is -1.88. The number of hydrogen-bond donors (Lipinski definition) is 1. The number of nitrogens with one attached hydrogen (secondary N) is 1. The first-order valence-corrected chi connectivity index (χ1v) is 9.41. The SMILES string of the molecule is Cc1ccc(NC2(C(=O)N(C)C(C)c3nccs3)CCCC2)cc1. The van der Waals surface area contributed by atoms with E-state index in [-0.39, 0.29) is 11.9 Å². The molecule has 0 bridgehead atoms. The van der Waals surface area contributed by atoms with Crippen LogP contribution in [0.4, 0.5) is 5.69 Å². The maximum absolute atomic E-state index is 13.3. The van der Waals surface area contributed by atoms with E-state index in [1.807, 2.05) is 24.3 Å². The van der Waals surface area contributed by atoms with Gasteiger partial charge < -0.3 is 10.2 Å². The number of anilines is 1. The average Bonchev–Trinajstić information content (AvgIpc) is 3.27. The molecule has 5 heteroatoms. The molecule has 1 amide bonds. The predicted octanol–water partition coefficient (Wildman–Crippen LogP) is 4.40. The maximum Gasteiger partial charge on any atom is 0.248 e. The van der Waals surface area contributed by atoms with E-state index in [2.05, 4.69) is 41.5 Å². The van der Waals surface area contributed by atoms with Crippen molar-refractivity contribution >= 4 is 22.9 Å². The molecule has 1 fully saturated rings. The zero-order valence-electron chi connectivity index (χ0n) is 14.6.